The van der Waals surface area contributed by atoms with E-state index >= 15 is 0 Å². The minimum atomic E-state index is 0.257. The number of ether oxygens (including phenoxy) is 1. The van der Waals surface area contributed by atoms with Crippen molar-refractivity contribution in [2.75, 3.05) is 25.6 Å². The molecule has 2 rings (SSSR count). The van der Waals surface area contributed by atoms with Gasteiger partial charge in [0.2, 0.25) is 5.95 Å². The molecule has 0 aromatic carbocycles. The Morgan fingerprint density at radius 1 is 1.42 bits per heavy atom. The normalized spacial score (nSPS) is 12.5. The zero-order valence-electron chi connectivity index (χ0n) is 11.4. The molecule has 0 amide bonds. The summed E-state index contributed by atoms with van der Waals surface area (Å²) in [6, 6.07) is 0.257. The van der Waals surface area contributed by atoms with E-state index in [0.717, 1.165) is 36.9 Å². The molecule has 0 saturated heterocycles. The number of methoxy groups -OCH3 is 1. The van der Waals surface area contributed by atoms with Crippen molar-refractivity contribution in [2.45, 2.75) is 25.8 Å². The van der Waals surface area contributed by atoms with Gasteiger partial charge >= 0.3 is 0 Å². The molecule has 0 radical (unpaired) electrons. The predicted molar refractivity (Wildman–Crippen MR) is 77.8 cm³/mol. The van der Waals surface area contributed by atoms with Gasteiger partial charge < -0.3 is 14.6 Å². The molecule has 104 valence electrons. The van der Waals surface area contributed by atoms with Crippen LogP contribution in [0.25, 0.3) is 0 Å². The van der Waals surface area contributed by atoms with Crippen molar-refractivity contribution in [1.82, 2.24) is 14.5 Å². The molecule has 2 aromatic rings. The third-order valence-electron chi connectivity index (χ3n) is 2.94. The minimum absolute atomic E-state index is 0.257. The van der Waals surface area contributed by atoms with Crippen LogP contribution in [-0.4, -0.2) is 34.8 Å². The SMILES string of the molecule is CCC(c1nccs1)n1ccnc1NCCCOC. The van der Waals surface area contributed by atoms with Crippen LogP contribution < -0.4 is 5.32 Å². The lowest BCUT2D eigenvalue weighted by Crippen LogP contribution is -2.15. The quantitative estimate of drug-likeness (QED) is 0.755. The number of anilines is 1. The fourth-order valence-electron chi connectivity index (χ4n) is 2.01. The molecule has 2 heterocycles. The van der Waals surface area contributed by atoms with E-state index in [4.69, 9.17) is 4.74 Å². The molecule has 5 nitrogen and oxygen atoms in total. The summed E-state index contributed by atoms with van der Waals surface area (Å²) in [6.07, 6.45) is 7.66. The Labute approximate surface area is 117 Å². The zero-order chi connectivity index (χ0) is 13.5. The first-order valence-electron chi connectivity index (χ1n) is 6.51. The van der Waals surface area contributed by atoms with Crippen molar-refractivity contribution in [3.8, 4) is 0 Å². The van der Waals surface area contributed by atoms with Crippen molar-refractivity contribution < 1.29 is 4.74 Å². The first kappa shape index (κ1) is 14.0. The van der Waals surface area contributed by atoms with Crippen LogP contribution in [0.4, 0.5) is 5.95 Å². The van der Waals surface area contributed by atoms with Crippen LogP contribution in [-0.2, 0) is 4.74 Å². The summed E-state index contributed by atoms with van der Waals surface area (Å²) in [4.78, 5) is 8.80. The van der Waals surface area contributed by atoms with Crippen LogP contribution in [0.3, 0.4) is 0 Å². The van der Waals surface area contributed by atoms with E-state index in [1.807, 2.05) is 24.0 Å². The molecule has 0 aliphatic carbocycles. The molecule has 0 fully saturated rings. The summed E-state index contributed by atoms with van der Waals surface area (Å²) < 4.78 is 7.20. The van der Waals surface area contributed by atoms with Crippen molar-refractivity contribution >= 4 is 17.3 Å². The summed E-state index contributed by atoms with van der Waals surface area (Å²) in [5, 5.41) is 6.49. The summed E-state index contributed by atoms with van der Waals surface area (Å²) in [5.41, 5.74) is 0. The van der Waals surface area contributed by atoms with Gasteiger partial charge in [-0.3, -0.25) is 0 Å². The molecule has 1 N–H and O–H groups in total. The number of imidazole rings is 1. The van der Waals surface area contributed by atoms with E-state index in [2.05, 4.69) is 26.8 Å². The third-order valence-corrected chi connectivity index (χ3v) is 3.81. The minimum Gasteiger partial charge on any atom is -0.385 e. The Morgan fingerprint density at radius 2 is 2.32 bits per heavy atom. The standard InChI is InChI=1S/C13H20N4OS/c1-3-11(12-14-7-10-19-12)17-8-6-16-13(17)15-5-4-9-18-2/h6-8,10-11H,3-5,9H2,1-2H3,(H,15,16). The second-order valence-corrected chi connectivity index (χ2v) is 5.15. The molecule has 0 saturated carbocycles. The lowest BCUT2D eigenvalue weighted by Gasteiger charge is -2.17. The Bertz CT molecular complexity index is 469. The van der Waals surface area contributed by atoms with Gasteiger partial charge in [-0.05, 0) is 12.8 Å². The summed E-state index contributed by atoms with van der Waals surface area (Å²) in [7, 11) is 1.72. The molecule has 0 aliphatic rings. The maximum Gasteiger partial charge on any atom is 0.203 e. The van der Waals surface area contributed by atoms with Crippen LogP contribution >= 0.6 is 11.3 Å². The van der Waals surface area contributed by atoms with E-state index in [-0.39, 0.29) is 6.04 Å². The number of thiazole rings is 1. The van der Waals surface area contributed by atoms with E-state index in [1.165, 1.54) is 0 Å². The number of rotatable bonds is 8. The number of hydrogen-bond donors (Lipinski definition) is 1. The smallest absolute Gasteiger partial charge is 0.203 e. The molecular weight excluding hydrogens is 260 g/mol. The highest BCUT2D eigenvalue weighted by Crippen LogP contribution is 2.26. The molecule has 2 aromatic heterocycles. The number of hydrogen-bond acceptors (Lipinski definition) is 5. The second kappa shape index (κ2) is 7.25. The molecule has 1 unspecified atom stereocenters. The molecule has 6 heteroatoms. The van der Waals surface area contributed by atoms with Crippen LogP contribution in [0.1, 0.15) is 30.8 Å². The Kier molecular flexibility index (Phi) is 5.35. The largest absolute Gasteiger partial charge is 0.385 e. The monoisotopic (exact) mass is 280 g/mol. The van der Waals surface area contributed by atoms with Crippen molar-refractivity contribution in [2.24, 2.45) is 0 Å². The highest BCUT2D eigenvalue weighted by atomic mass is 32.1. The fourth-order valence-corrected chi connectivity index (χ4v) is 2.83. The molecule has 0 bridgehead atoms. The lowest BCUT2D eigenvalue weighted by molar-refractivity contribution is 0.197. The van der Waals surface area contributed by atoms with Crippen LogP contribution in [0.2, 0.25) is 0 Å². The molecule has 19 heavy (non-hydrogen) atoms. The van der Waals surface area contributed by atoms with E-state index in [1.54, 1.807) is 18.4 Å². The van der Waals surface area contributed by atoms with E-state index in [0.29, 0.717) is 0 Å². The predicted octanol–water partition coefficient (Wildman–Crippen LogP) is 2.79. The number of nitrogens with zero attached hydrogens (tertiary/aromatic N) is 3. The number of aromatic nitrogens is 3. The highest BCUT2D eigenvalue weighted by Gasteiger charge is 2.16. The maximum absolute atomic E-state index is 5.04. The van der Waals surface area contributed by atoms with Crippen molar-refractivity contribution in [3.63, 3.8) is 0 Å². The Hall–Kier alpha value is -1.40. The second-order valence-electron chi connectivity index (χ2n) is 4.23. The summed E-state index contributed by atoms with van der Waals surface area (Å²) in [5.74, 6) is 0.901. The van der Waals surface area contributed by atoms with Crippen molar-refractivity contribution in [3.05, 3.63) is 29.0 Å². The van der Waals surface area contributed by atoms with Gasteiger partial charge in [0.15, 0.2) is 0 Å². The van der Waals surface area contributed by atoms with Gasteiger partial charge in [0, 0.05) is 44.2 Å². The molecular formula is C13H20N4OS. The fraction of sp³-hybridized carbons (Fsp3) is 0.538. The Morgan fingerprint density at radius 3 is 3.00 bits per heavy atom. The first-order chi connectivity index (χ1) is 9.36. The van der Waals surface area contributed by atoms with Crippen LogP contribution in [0.5, 0.6) is 0 Å². The summed E-state index contributed by atoms with van der Waals surface area (Å²) in [6.45, 7) is 3.79. The Balaban J connectivity index is 2.05. The van der Waals surface area contributed by atoms with E-state index in [9.17, 15) is 0 Å². The molecule has 0 spiro atoms. The van der Waals surface area contributed by atoms with Gasteiger partial charge in [-0.25, -0.2) is 9.97 Å². The highest BCUT2D eigenvalue weighted by molar-refractivity contribution is 7.09. The van der Waals surface area contributed by atoms with Gasteiger partial charge in [-0.1, -0.05) is 6.92 Å². The first-order valence-corrected chi connectivity index (χ1v) is 7.39. The van der Waals surface area contributed by atoms with Crippen molar-refractivity contribution in [1.29, 1.82) is 0 Å². The van der Waals surface area contributed by atoms with Crippen LogP contribution in [0.15, 0.2) is 24.0 Å². The number of nitrogens with one attached hydrogen (secondary N) is 1. The molecule has 1 atom stereocenters. The third kappa shape index (κ3) is 3.54. The van der Waals surface area contributed by atoms with Gasteiger partial charge in [-0.15, -0.1) is 11.3 Å². The lowest BCUT2D eigenvalue weighted by atomic mass is 10.2. The van der Waals surface area contributed by atoms with Gasteiger partial charge in [0.05, 0.1) is 6.04 Å². The zero-order valence-corrected chi connectivity index (χ0v) is 12.2. The topological polar surface area (TPSA) is 52.0 Å². The van der Waals surface area contributed by atoms with Gasteiger partial charge in [0.25, 0.3) is 0 Å². The van der Waals surface area contributed by atoms with Gasteiger partial charge in [0.1, 0.15) is 5.01 Å². The van der Waals surface area contributed by atoms with Crippen LogP contribution in [0, 0.1) is 0 Å². The average molecular weight is 280 g/mol. The van der Waals surface area contributed by atoms with E-state index < -0.39 is 0 Å². The summed E-state index contributed by atoms with van der Waals surface area (Å²) >= 11 is 1.69. The van der Waals surface area contributed by atoms with Gasteiger partial charge in [-0.2, -0.15) is 0 Å². The average Bonchev–Trinajstić information content (AvgIpc) is 3.08. The maximum atomic E-state index is 5.04. The molecule has 0 aliphatic heterocycles.